The number of nitrogens with one attached hydrogen (secondary N) is 6. The van der Waals surface area contributed by atoms with Gasteiger partial charge in [-0.05, 0) is 13.3 Å². The molecule has 2 saturated heterocycles. The highest BCUT2D eigenvalue weighted by Crippen LogP contribution is 2.29. The average Bonchev–Trinajstić information content (AvgIpc) is 3.24. The minimum atomic E-state index is -1.99. The molecule has 2 heterocycles. The van der Waals surface area contributed by atoms with Crippen molar-refractivity contribution in [3.63, 3.8) is 0 Å². The molecule has 31 heteroatoms. The number of aliphatic hydroxyl groups is 8. The molecular weight excluding hydrogens is 902 g/mol. The Morgan fingerprint density at radius 3 is 1.82 bits per heavy atom. The zero-order valence-corrected chi connectivity index (χ0v) is 35.2. The molecule has 0 saturated carbocycles. The van der Waals surface area contributed by atoms with E-state index in [1.165, 1.54) is 0 Å². The Bertz CT molecular complexity index is 1710. The number of aliphatic hydroxyl groups excluding tert-OH is 8. The lowest BCUT2D eigenvalue weighted by Gasteiger charge is -2.47. The van der Waals surface area contributed by atoms with Gasteiger partial charge < -0.3 is 113 Å². The maximum absolute atomic E-state index is 13.0. The van der Waals surface area contributed by atoms with E-state index in [2.05, 4.69) is 10.6 Å². The molecule has 6 amide bonds. The van der Waals surface area contributed by atoms with E-state index in [-0.39, 0.29) is 0 Å². The van der Waals surface area contributed by atoms with Crippen LogP contribution in [0.4, 0.5) is 0 Å². The second-order valence-electron chi connectivity index (χ2n) is 14.9. The first-order valence-electron chi connectivity index (χ1n) is 19.8. The summed E-state index contributed by atoms with van der Waals surface area (Å²) >= 11 is 0. The minimum absolute atomic E-state index is 0.654. The molecule has 0 spiro atoms. The number of carboxylic acids is 3. The molecule has 0 aromatic rings. The molecule has 2 fully saturated rings. The molecule has 16 unspecified atom stereocenters. The molecule has 16 atom stereocenters. The number of carbonyl (C=O) groups excluding carboxylic acids is 6. The van der Waals surface area contributed by atoms with Gasteiger partial charge in [0, 0.05) is 13.3 Å². The van der Waals surface area contributed by atoms with Gasteiger partial charge in [0.1, 0.15) is 72.9 Å². The molecule has 19 N–H and O–H groups in total. The van der Waals surface area contributed by atoms with Crippen molar-refractivity contribution in [2.45, 2.75) is 131 Å². The van der Waals surface area contributed by atoms with Crippen LogP contribution in [-0.2, 0) is 62.1 Å². The number of hydrogen-bond acceptors (Lipinski definition) is 22. The van der Waals surface area contributed by atoms with Crippen LogP contribution in [0, 0.1) is 0 Å². The van der Waals surface area contributed by atoms with Crippen molar-refractivity contribution in [3.05, 3.63) is 0 Å². The number of rotatable bonds is 26. The molecule has 2 aliphatic heterocycles. The van der Waals surface area contributed by atoms with E-state index in [9.17, 15) is 94.2 Å². The van der Waals surface area contributed by atoms with Gasteiger partial charge >= 0.3 is 17.9 Å². The fraction of sp³-hybridized carbons (Fsp3) is 0.743. The third-order valence-corrected chi connectivity index (χ3v) is 9.73. The van der Waals surface area contributed by atoms with Crippen molar-refractivity contribution in [2.75, 3.05) is 33.0 Å². The molecular formula is C35H57N7O24. The van der Waals surface area contributed by atoms with Crippen LogP contribution in [0.3, 0.4) is 0 Å². The second kappa shape index (κ2) is 26.8. The summed E-state index contributed by atoms with van der Waals surface area (Å²) in [5.74, 6) is -11.9. The van der Waals surface area contributed by atoms with Gasteiger partial charge in [-0.3, -0.25) is 38.4 Å². The van der Waals surface area contributed by atoms with E-state index in [1.54, 1.807) is 0 Å². The summed E-state index contributed by atoms with van der Waals surface area (Å²) in [4.78, 5) is 111. The minimum Gasteiger partial charge on any atom is -0.481 e. The number of ether oxygens (including phenoxy) is 4. The maximum Gasteiger partial charge on any atom is 0.328 e. The lowest BCUT2D eigenvalue weighted by atomic mass is 9.95. The maximum atomic E-state index is 13.0. The van der Waals surface area contributed by atoms with E-state index in [0.29, 0.717) is 0 Å². The highest BCUT2D eigenvalue weighted by atomic mass is 16.7. The third kappa shape index (κ3) is 16.9. The van der Waals surface area contributed by atoms with Crippen LogP contribution in [0.25, 0.3) is 0 Å². The van der Waals surface area contributed by atoms with Gasteiger partial charge in [-0.25, -0.2) is 4.79 Å². The Kier molecular flexibility index (Phi) is 23.0. The molecule has 2 rings (SSSR count). The fourth-order valence-corrected chi connectivity index (χ4v) is 6.22. The molecule has 0 aliphatic carbocycles. The van der Waals surface area contributed by atoms with Crippen LogP contribution < -0.4 is 37.6 Å². The van der Waals surface area contributed by atoms with Crippen LogP contribution in [0.2, 0.25) is 0 Å². The van der Waals surface area contributed by atoms with Crippen LogP contribution in [0.15, 0.2) is 0 Å². The zero-order chi connectivity index (χ0) is 50.2. The van der Waals surface area contributed by atoms with E-state index >= 15 is 0 Å². The summed E-state index contributed by atoms with van der Waals surface area (Å²) in [7, 11) is 0. The van der Waals surface area contributed by atoms with Gasteiger partial charge in [0.05, 0.1) is 45.5 Å². The highest BCUT2D eigenvalue weighted by molar-refractivity contribution is 5.96. The quantitative estimate of drug-likeness (QED) is 0.0383. The molecule has 66 heavy (non-hydrogen) atoms. The summed E-state index contributed by atoms with van der Waals surface area (Å²) in [6.45, 7) is -2.62. The smallest absolute Gasteiger partial charge is 0.328 e. The summed E-state index contributed by atoms with van der Waals surface area (Å²) in [6, 6.07) is -10.8. The Hall–Kier alpha value is -5.29. The Labute approximate surface area is 372 Å². The molecule has 2 aliphatic rings. The van der Waals surface area contributed by atoms with Gasteiger partial charge in [0.15, 0.2) is 18.6 Å². The highest BCUT2D eigenvalue weighted by Gasteiger charge is 2.51. The number of nitrogens with two attached hydrogens (primary N) is 1. The van der Waals surface area contributed by atoms with E-state index in [0.717, 1.165) is 13.8 Å². The zero-order valence-electron chi connectivity index (χ0n) is 35.2. The Balaban J connectivity index is 2.06. The third-order valence-electron chi connectivity index (χ3n) is 9.73. The number of amides is 6. The van der Waals surface area contributed by atoms with Crippen molar-refractivity contribution >= 4 is 53.4 Å². The first-order valence-corrected chi connectivity index (χ1v) is 19.8. The largest absolute Gasteiger partial charge is 0.481 e. The summed E-state index contributed by atoms with van der Waals surface area (Å²) in [5.41, 5.74) is 5.90. The predicted octanol–water partition coefficient (Wildman–Crippen LogP) is -11.0. The summed E-state index contributed by atoms with van der Waals surface area (Å²) < 4.78 is 22.1. The lowest BCUT2D eigenvalue weighted by Crippen LogP contribution is -2.67. The van der Waals surface area contributed by atoms with Gasteiger partial charge in [0.2, 0.25) is 35.4 Å². The molecule has 0 bridgehead atoms. The van der Waals surface area contributed by atoms with Gasteiger partial charge in [-0.15, -0.1) is 0 Å². The van der Waals surface area contributed by atoms with Crippen molar-refractivity contribution in [3.8, 4) is 0 Å². The summed E-state index contributed by atoms with van der Waals surface area (Å²) in [5, 5.41) is 121. The topological polar surface area (TPSA) is 511 Å². The van der Waals surface area contributed by atoms with Gasteiger partial charge in [-0.2, -0.15) is 0 Å². The van der Waals surface area contributed by atoms with E-state index in [1.807, 2.05) is 21.3 Å². The van der Waals surface area contributed by atoms with Crippen molar-refractivity contribution in [1.82, 2.24) is 31.9 Å². The van der Waals surface area contributed by atoms with Gasteiger partial charge in [-0.1, -0.05) is 0 Å². The number of carboxylic acid groups (broad SMARTS) is 3. The molecule has 0 radical (unpaired) electrons. The molecule has 0 aromatic heterocycles. The standard InChI is InChI=1S/C35H57N7O24/c1-11(46)22(33(61)62)42-31(59)14(3-4-20(49)50)40-32(60)15(5-21(51)52)39-19(48)6-37-30(58)16(7-43)41-29(57)13(36)10-63-34-23(38-12(2)47)25(54)28(18(9-45)65-34)66-35-27(56)26(55)24(53)17(8-44)64-35/h11,13-18,22-28,34-35,43-46,53-56H,3-10,36H2,1-2H3,(H,37,58)(H,38,47)(H,39,48)(H,40,60)(H,41,57)(H,42,59)(H,49,50)(H,51,52)(H,61,62). The molecule has 0 aromatic carbocycles. The number of hydrogen-bond donors (Lipinski definition) is 18. The predicted molar refractivity (Wildman–Crippen MR) is 208 cm³/mol. The van der Waals surface area contributed by atoms with Crippen molar-refractivity contribution in [1.29, 1.82) is 0 Å². The van der Waals surface area contributed by atoms with Crippen molar-refractivity contribution in [2.24, 2.45) is 5.73 Å². The second-order valence-corrected chi connectivity index (χ2v) is 14.9. The molecule has 376 valence electrons. The van der Waals surface area contributed by atoms with E-state index < -0.39 is 203 Å². The first-order chi connectivity index (χ1) is 30.9. The fourth-order valence-electron chi connectivity index (χ4n) is 6.22. The van der Waals surface area contributed by atoms with Crippen LogP contribution in [0.5, 0.6) is 0 Å². The summed E-state index contributed by atoms with van der Waals surface area (Å²) in [6.07, 6.45) is -19.7. The molecule has 31 nitrogen and oxygen atoms in total. The first kappa shape index (κ1) is 56.8. The Morgan fingerprint density at radius 1 is 0.697 bits per heavy atom. The number of carbonyl (C=O) groups is 9. The SMILES string of the molecule is CC(=O)NC1C(OCC(N)C(=O)NC(CO)C(=O)NCC(=O)NC(CC(=O)O)C(=O)NC(CCC(=O)O)C(=O)NC(C(=O)O)C(C)O)OC(CO)C(OC2OC(CO)C(O)C(O)C2O)C1O. The van der Waals surface area contributed by atoms with Crippen molar-refractivity contribution < 1.29 is 118 Å². The Morgan fingerprint density at radius 2 is 1.29 bits per heavy atom. The average molecular weight is 960 g/mol. The normalized spacial score (nSPS) is 27.9. The number of aliphatic carboxylic acids is 3. The van der Waals surface area contributed by atoms with Crippen LogP contribution in [-0.4, -0.2) is 240 Å². The van der Waals surface area contributed by atoms with Crippen LogP contribution >= 0.6 is 0 Å². The lowest BCUT2D eigenvalue weighted by molar-refractivity contribution is -0.348. The van der Waals surface area contributed by atoms with Gasteiger partial charge in [0.25, 0.3) is 0 Å². The van der Waals surface area contributed by atoms with Crippen LogP contribution in [0.1, 0.15) is 33.1 Å². The monoisotopic (exact) mass is 959 g/mol. The van der Waals surface area contributed by atoms with E-state index in [4.69, 9.17) is 29.8 Å².